The van der Waals surface area contributed by atoms with Crippen LogP contribution in [0.2, 0.25) is 0 Å². The fourth-order valence-electron chi connectivity index (χ4n) is 1.49. The first-order valence-corrected chi connectivity index (χ1v) is 4.98. The second kappa shape index (κ2) is 5.62. The van der Waals surface area contributed by atoms with Crippen LogP contribution in [0.25, 0.3) is 0 Å². The van der Waals surface area contributed by atoms with Crippen LogP contribution >= 0.6 is 0 Å². The van der Waals surface area contributed by atoms with Gasteiger partial charge >= 0.3 is 0 Å². The lowest BCUT2D eigenvalue weighted by molar-refractivity contribution is 0.0238. The summed E-state index contributed by atoms with van der Waals surface area (Å²) in [6, 6.07) is 2.79. The molecule has 2 unspecified atom stereocenters. The van der Waals surface area contributed by atoms with Crippen LogP contribution in [0, 0.1) is 0 Å². The van der Waals surface area contributed by atoms with Crippen molar-refractivity contribution < 1.29 is 24.9 Å². The molecule has 0 saturated carbocycles. The van der Waals surface area contributed by atoms with E-state index in [2.05, 4.69) is 0 Å². The van der Waals surface area contributed by atoms with Crippen LogP contribution in [0.1, 0.15) is 22.0 Å². The minimum absolute atomic E-state index is 0.108. The molecule has 1 rings (SSSR count). The van der Waals surface area contributed by atoms with E-state index >= 15 is 0 Å². The maximum Gasteiger partial charge on any atom is 0.168 e. The summed E-state index contributed by atoms with van der Waals surface area (Å²) in [7, 11) is 1.34. The van der Waals surface area contributed by atoms with E-state index in [1.807, 2.05) is 0 Å². The lowest BCUT2D eigenvalue weighted by Gasteiger charge is -2.19. The van der Waals surface area contributed by atoms with Gasteiger partial charge in [-0.15, -0.1) is 0 Å². The Hall–Kier alpha value is -1.63. The van der Waals surface area contributed by atoms with Gasteiger partial charge in [0.2, 0.25) is 0 Å². The number of hydrogen-bond donors (Lipinski definition) is 4. The summed E-state index contributed by atoms with van der Waals surface area (Å²) in [6.07, 6.45) is -2.15. The highest BCUT2D eigenvalue weighted by Crippen LogP contribution is 2.34. The van der Waals surface area contributed by atoms with Crippen LogP contribution in [0.4, 0.5) is 0 Å². The smallest absolute Gasteiger partial charge is 0.168 e. The van der Waals surface area contributed by atoms with Gasteiger partial charge in [0.15, 0.2) is 17.8 Å². The molecule has 0 amide bonds. The number of nitrogens with two attached hydrogens (primary N) is 1. The van der Waals surface area contributed by atoms with Gasteiger partial charge in [-0.25, -0.2) is 0 Å². The van der Waals surface area contributed by atoms with Gasteiger partial charge in [0.1, 0.15) is 6.10 Å². The molecule has 1 aromatic rings. The van der Waals surface area contributed by atoms with Gasteiger partial charge in [0.05, 0.1) is 18.8 Å². The molecule has 0 heterocycles. The zero-order chi connectivity index (χ0) is 13.0. The molecule has 6 nitrogen and oxygen atoms in total. The van der Waals surface area contributed by atoms with Crippen molar-refractivity contribution in [2.75, 3.05) is 13.7 Å². The van der Waals surface area contributed by atoms with Crippen molar-refractivity contribution in [3.63, 3.8) is 0 Å². The summed E-state index contributed by atoms with van der Waals surface area (Å²) in [4.78, 5) is 10.9. The Balaban J connectivity index is 3.25. The molecule has 0 saturated heterocycles. The average Bonchev–Trinajstić information content (AvgIpc) is 2.36. The van der Waals surface area contributed by atoms with Gasteiger partial charge in [0, 0.05) is 6.54 Å². The van der Waals surface area contributed by atoms with E-state index < -0.39 is 12.2 Å². The van der Waals surface area contributed by atoms with Gasteiger partial charge in [-0.1, -0.05) is 6.07 Å². The first-order valence-electron chi connectivity index (χ1n) is 4.98. The zero-order valence-electron chi connectivity index (χ0n) is 9.33. The first-order chi connectivity index (χ1) is 8.06. The molecule has 1 aromatic carbocycles. The lowest BCUT2D eigenvalue weighted by atomic mass is 9.98. The predicted molar refractivity (Wildman–Crippen MR) is 60.1 cm³/mol. The van der Waals surface area contributed by atoms with Crippen molar-refractivity contribution in [1.29, 1.82) is 0 Å². The highest BCUT2D eigenvalue weighted by atomic mass is 16.5. The van der Waals surface area contributed by atoms with E-state index in [1.54, 1.807) is 0 Å². The lowest BCUT2D eigenvalue weighted by Crippen LogP contribution is -2.27. The van der Waals surface area contributed by atoms with E-state index in [-0.39, 0.29) is 29.2 Å². The summed E-state index contributed by atoms with van der Waals surface area (Å²) in [5.74, 6) is -0.256. The minimum Gasteiger partial charge on any atom is -0.504 e. The maximum absolute atomic E-state index is 10.9. The number of aldehydes is 1. The van der Waals surface area contributed by atoms with E-state index in [1.165, 1.54) is 19.2 Å². The summed E-state index contributed by atoms with van der Waals surface area (Å²) >= 11 is 0. The minimum atomic E-state index is -1.34. The molecule has 0 fully saturated rings. The molecular weight excluding hydrogens is 226 g/mol. The molecule has 2 atom stereocenters. The van der Waals surface area contributed by atoms with Crippen molar-refractivity contribution in [2.45, 2.75) is 12.2 Å². The normalized spacial score (nSPS) is 14.1. The molecule has 94 valence electrons. The second-order valence-electron chi connectivity index (χ2n) is 3.49. The van der Waals surface area contributed by atoms with Crippen LogP contribution in [0.3, 0.4) is 0 Å². The second-order valence-corrected chi connectivity index (χ2v) is 3.49. The largest absolute Gasteiger partial charge is 0.504 e. The standard InChI is InChI=1S/C11H15NO5/c1-17-9-3-2-6(7(5-13)11(9)16)10(15)8(14)4-12/h2-3,5,8,10,14-16H,4,12H2,1H3. The molecular formula is C11H15NO5. The van der Waals surface area contributed by atoms with Gasteiger partial charge < -0.3 is 25.8 Å². The topological polar surface area (TPSA) is 113 Å². The fraction of sp³-hybridized carbons (Fsp3) is 0.364. The van der Waals surface area contributed by atoms with Crippen LogP contribution in [0.5, 0.6) is 11.5 Å². The Kier molecular flexibility index (Phi) is 4.45. The summed E-state index contributed by atoms with van der Waals surface area (Å²) in [5.41, 5.74) is 5.20. The molecule has 0 bridgehead atoms. The van der Waals surface area contributed by atoms with Crippen molar-refractivity contribution >= 4 is 6.29 Å². The number of hydrogen-bond acceptors (Lipinski definition) is 6. The average molecular weight is 241 g/mol. The fourth-order valence-corrected chi connectivity index (χ4v) is 1.49. The molecule has 0 aliphatic carbocycles. The van der Waals surface area contributed by atoms with Crippen LogP contribution in [0.15, 0.2) is 12.1 Å². The molecule has 0 aliphatic rings. The van der Waals surface area contributed by atoms with Crippen molar-refractivity contribution in [1.82, 2.24) is 0 Å². The Labute approximate surface area is 98.3 Å². The maximum atomic E-state index is 10.9. The number of aliphatic hydroxyl groups is 2. The third-order valence-corrected chi connectivity index (χ3v) is 2.48. The summed E-state index contributed by atoms with van der Waals surface area (Å²) < 4.78 is 4.83. The molecule has 0 aromatic heterocycles. The van der Waals surface area contributed by atoms with Gasteiger partial charge in [-0.2, -0.15) is 0 Å². The summed E-state index contributed by atoms with van der Waals surface area (Å²) in [5, 5.41) is 28.9. The van der Waals surface area contributed by atoms with Gasteiger partial charge in [-0.05, 0) is 11.6 Å². The number of carbonyl (C=O) groups excluding carboxylic acids is 1. The van der Waals surface area contributed by atoms with Crippen LogP contribution in [-0.2, 0) is 0 Å². The number of aromatic hydroxyl groups is 1. The van der Waals surface area contributed by atoms with E-state index in [4.69, 9.17) is 10.5 Å². The molecule has 5 N–H and O–H groups in total. The SMILES string of the molecule is COc1ccc(C(O)C(O)CN)c(C=O)c1O. The third kappa shape index (κ3) is 2.55. The number of phenols is 1. The van der Waals surface area contributed by atoms with Crippen molar-refractivity contribution in [3.05, 3.63) is 23.3 Å². The molecule has 0 spiro atoms. The van der Waals surface area contributed by atoms with Crippen LogP contribution < -0.4 is 10.5 Å². The number of methoxy groups -OCH3 is 1. The Bertz CT molecular complexity index is 407. The molecule has 6 heteroatoms. The zero-order valence-corrected chi connectivity index (χ0v) is 9.33. The highest BCUT2D eigenvalue weighted by Gasteiger charge is 2.23. The Morgan fingerprint density at radius 1 is 1.47 bits per heavy atom. The van der Waals surface area contributed by atoms with E-state index in [0.717, 1.165) is 0 Å². The van der Waals surface area contributed by atoms with Gasteiger partial charge in [0.25, 0.3) is 0 Å². The van der Waals surface area contributed by atoms with E-state index in [9.17, 15) is 20.1 Å². The quantitative estimate of drug-likeness (QED) is 0.520. The van der Waals surface area contributed by atoms with Crippen LogP contribution in [-0.4, -0.2) is 41.4 Å². The van der Waals surface area contributed by atoms with E-state index in [0.29, 0.717) is 6.29 Å². The number of carbonyl (C=O) groups is 1. The first kappa shape index (κ1) is 13.4. The molecule has 17 heavy (non-hydrogen) atoms. The number of rotatable bonds is 5. The summed E-state index contributed by atoms with van der Waals surface area (Å²) in [6.45, 7) is -0.160. The number of aliphatic hydroxyl groups excluding tert-OH is 2. The Morgan fingerprint density at radius 3 is 2.59 bits per heavy atom. The molecule has 0 radical (unpaired) electrons. The predicted octanol–water partition coefficient (Wildman–Crippen LogP) is -0.434. The third-order valence-electron chi connectivity index (χ3n) is 2.48. The van der Waals surface area contributed by atoms with Gasteiger partial charge in [-0.3, -0.25) is 4.79 Å². The Morgan fingerprint density at radius 2 is 2.12 bits per heavy atom. The number of ether oxygens (including phenoxy) is 1. The highest BCUT2D eigenvalue weighted by molar-refractivity contribution is 5.83. The van der Waals surface area contributed by atoms with Crippen molar-refractivity contribution in [2.24, 2.45) is 5.73 Å². The van der Waals surface area contributed by atoms with Crippen molar-refractivity contribution in [3.8, 4) is 11.5 Å². The molecule has 0 aliphatic heterocycles. The monoisotopic (exact) mass is 241 g/mol. The number of benzene rings is 1. The number of phenolic OH excluding ortho intramolecular Hbond substituents is 1.